The molecule has 0 bridgehead atoms. The maximum absolute atomic E-state index is 11.4. The van der Waals surface area contributed by atoms with Crippen molar-refractivity contribution in [2.24, 2.45) is 5.10 Å². The molecule has 0 radical (unpaired) electrons. The first-order chi connectivity index (χ1) is 8.08. The van der Waals surface area contributed by atoms with E-state index >= 15 is 0 Å². The van der Waals surface area contributed by atoms with Crippen LogP contribution >= 0.6 is 11.8 Å². The number of hydrogen-bond donors (Lipinski definition) is 1. The van der Waals surface area contributed by atoms with Gasteiger partial charge in [0.1, 0.15) is 5.76 Å². The van der Waals surface area contributed by atoms with Gasteiger partial charge in [-0.05, 0) is 12.1 Å². The summed E-state index contributed by atoms with van der Waals surface area (Å²) in [6.45, 7) is 2.80. The van der Waals surface area contributed by atoms with Crippen molar-refractivity contribution in [3.05, 3.63) is 24.2 Å². The summed E-state index contributed by atoms with van der Waals surface area (Å²) in [6, 6.07) is 3.50. The lowest BCUT2D eigenvalue weighted by atomic mass is 10.4. The highest BCUT2D eigenvalue weighted by Gasteiger charge is 2.33. The largest absolute Gasteiger partial charge is 0.466 e. The van der Waals surface area contributed by atoms with Crippen molar-refractivity contribution in [2.75, 3.05) is 0 Å². The molecule has 2 amide bonds. The Kier molecular flexibility index (Phi) is 3.19. The number of amidine groups is 1. The summed E-state index contributed by atoms with van der Waals surface area (Å²) in [4.78, 5) is 22.4. The second kappa shape index (κ2) is 4.62. The predicted molar refractivity (Wildman–Crippen MR) is 62.8 cm³/mol. The van der Waals surface area contributed by atoms with E-state index in [1.54, 1.807) is 12.1 Å². The number of rotatable bonds is 1. The molecular weight excluding hydrogens is 242 g/mol. The molecule has 1 aliphatic heterocycles. The number of carbonyl (C=O) groups excluding carboxylic acids is 2. The molecule has 1 aromatic heterocycles. The number of hydrogen-bond acceptors (Lipinski definition) is 5. The number of thioether (sulfide) groups is 1. The first kappa shape index (κ1) is 11.7. The highest BCUT2D eigenvalue weighted by molar-refractivity contribution is 8.14. The molecule has 0 fully saturated rings. The minimum atomic E-state index is -0.357. The third kappa shape index (κ3) is 2.50. The zero-order chi connectivity index (χ0) is 12.4. The minimum absolute atomic E-state index is 0.209. The summed E-state index contributed by atoms with van der Waals surface area (Å²) >= 11 is 1.26. The van der Waals surface area contributed by atoms with Crippen LogP contribution in [0.4, 0.5) is 0 Å². The number of amides is 2. The van der Waals surface area contributed by atoms with Crippen LogP contribution in [-0.4, -0.2) is 22.0 Å². The summed E-state index contributed by atoms with van der Waals surface area (Å²) in [5.41, 5.74) is 0. The predicted octanol–water partition coefficient (Wildman–Crippen LogP) is 1.28. The fourth-order valence-electron chi connectivity index (χ4n) is 1.38. The first-order valence-electron chi connectivity index (χ1n) is 4.94. The van der Waals surface area contributed by atoms with E-state index in [9.17, 15) is 9.59 Å². The van der Waals surface area contributed by atoms with Gasteiger partial charge in [-0.2, -0.15) is 0 Å². The maximum atomic E-state index is 11.4. The van der Waals surface area contributed by atoms with Crippen molar-refractivity contribution in [1.29, 1.82) is 0 Å². The molecule has 0 saturated carbocycles. The Labute approximate surface area is 102 Å². The number of carbonyl (C=O) groups is 2. The second-order valence-electron chi connectivity index (χ2n) is 3.44. The molecule has 6 nitrogen and oxygen atoms in total. The quantitative estimate of drug-likeness (QED) is 0.818. The van der Waals surface area contributed by atoms with Crippen molar-refractivity contribution in [3.63, 3.8) is 0 Å². The maximum Gasteiger partial charge on any atom is 0.241 e. The molecule has 90 valence electrons. The third-order valence-electron chi connectivity index (χ3n) is 2.04. The van der Waals surface area contributed by atoms with Gasteiger partial charge < -0.3 is 9.73 Å². The van der Waals surface area contributed by atoms with Crippen LogP contribution in [0.2, 0.25) is 0 Å². The fraction of sp³-hybridized carbons (Fsp3) is 0.300. The van der Waals surface area contributed by atoms with Gasteiger partial charge in [0, 0.05) is 13.8 Å². The van der Waals surface area contributed by atoms with Gasteiger partial charge in [-0.15, -0.1) is 5.10 Å². The normalized spacial score (nSPS) is 19.1. The van der Waals surface area contributed by atoms with Gasteiger partial charge in [0.25, 0.3) is 0 Å². The van der Waals surface area contributed by atoms with Gasteiger partial charge in [0.15, 0.2) is 10.5 Å². The smallest absolute Gasteiger partial charge is 0.241 e. The van der Waals surface area contributed by atoms with Gasteiger partial charge in [-0.3, -0.25) is 9.59 Å². The lowest BCUT2D eigenvalue weighted by molar-refractivity contribution is -0.129. The zero-order valence-corrected chi connectivity index (χ0v) is 10.2. The van der Waals surface area contributed by atoms with E-state index in [4.69, 9.17) is 4.42 Å². The van der Waals surface area contributed by atoms with E-state index in [1.807, 2.05) is 0 Å². The first-order valence-corrected chi connectivity index (χ1v) is 5.82. The molecule has 1 atom stereocenters. The molecule has 0 saturated heterocycles. The zero-order valence-electron chi connectivity index (χ0n) is 9.34. The van der Waals surface area contributed by atoms with E-state index in [-0.39, 0.29) is 17.2 Å². The molecule has 1 aliphatic rings. The number of furan rings is 1. The molecule has 17 heavy (non-hydrogen) atoms. The summed E-state index contributed by atoms with van der Waals surface area (Å²) < 4.78 is 5.25. The molecular formula is C10H11N3O3S. The van der Waals surface area contributed by atoms with Crippen LogP contribution in [0.1, 0.15) is 25.0 Å². The van der Waals surface area contributed by atoms with E-state index in [2.05, 4.69) is 10.4 Å². The molecule has 1 aromatic rings. The Hall–Kier alpha value is -1.76. The SMILES string of the molecule is CC(=O)NC1=NN(C(C)=O)[C@H](c2ccco2)S1. The molecule has 0 unspecified atom stereocenters. The Morgan fingerprint density at radius 1 is 1.53 bits per heavy atom. The topological polar surface area (TPSA) is 74.9 Å². The van der Waals surface area contributed by atoms with Crippen molar-refractivity contribution >= 4 is 28.7 Å². The standard InChI is InChI=1S/C10H11N3O3S/c1-6(14)11-10-12-13(7(2)15)9(17-10)8-4-3-5-16-8/h3-5,9H,1-2H3,(H,11,12,14)/t9-/m0/s1. The van der Waals surface area contributed by atoms with Crippen molar-refractivity contribution in [2.45, 2.75) is 19.2 Å². The molecule has 0 aliphatic carbocycles. The Bertz CT molecular complexity index is 469. The number of nitrogens with zero attached hydrogens (tertiary/aromatic N) is 2. The Balaban J connectivity index is 2.20. The molecule has 1 N–H and O–H groups in total. The van der Waals surface area contributed by atoms with E-state index in [1.165, 1.54) is 36.9 Å². The molecule has 0 aromatic carbocycles. The average molecular weight is 253 g/mol. The second-order valence-corrected chi connectivity index (χ2v) is 4.50. The van der Waals surface area contributed by atoms with Gasteiger partial charge in [-0.25, -0.2) is 5.01 Å². The fourth-order valence-corrected chi connectivity index (χ4v) is 2.48. The summed E-state index contributed by atoms with van der Waals surface area (Å²) in [7, 11) is 0. The summed E-state index contributed by atoms with van der Waals surface area (Å²) in [5.74, 6) is 0.188. The van der Waals surface area contributed by atoms with Crippen LogP contribution in [0.3, 0.4) is 0 Å². The third-order valence-corrected chi connectivity index (χ3v) is 3.10. The highest BCUT2D eigenvalue weighted by Crippen LogP contribution is 2.38. The van der Waals surface area contributed by atoms with Crippen LogP contribution in [0.25, 0.3) is 0 Å². The lowest BCUT2D eigenvalue weighted by Gasteiger charge is -2.16. The lowest BCUT2D eigenvalue weighted by Crippen LogP contribution is -2.25. The van der Waals surface area contributed by atoms with Crippen LogP contribution in [0.15, 0.2) is 27.9 Å². The van der Waals surface area contributed by atoms with Crippen molar-refractivity contribution in [3.8, 4) is 0 Å². The number of nitrogens with one attached hydrogen (secondary N) is 1. The van der Waals surface area contributed by atoms with Gasteiger partial charge in [0.2, 0.25) is 11.8 Å². The molecule has 7 heteroatoms. The van der Waals surface area contributed by atoms with Gasteiger partial charge in [0.05, 0.1) is 6.26 Å². The molecule has 0 spiro atoms. The molecule has 2 heterocycles. The van der Waals surface area contributed by atoms with E-state index in [0.29, 0.717) is 10.9 Å². The van der Waals surface area contributed by atoms with Crippen LogP contribution in [0.5, 0.6) is 0 Å². The molecule has 2 rings (SSSR count). The Morgan fingerprint density at radius 3 is 2.82 bits per heavy atom. The van der Waals surface area contributed by atoms with Gasteiger partial charge >= 0.3 is 0 Å². The van der Waals surface area contributed by atoms with Crippen molar-refractivity contribution < 1.29 is 14.0 Å². The van der Waals surface area contributed by atoms with Crippen molar-refractivity contribution in [1.82, 2.24) is 10.3 Å². The summed E-state index contributed by atoms with van der Waals surface area (Å²) in [6.07, 6.45) is 1.53. The van der Waals surface area contributed by atoms with Gasteiger partial charge in [-0.1, -0.05) is 11.8 Å². The van der Waals surface area contributed by atoms with Crippen LogP contribution < -0.4 is 5.32 Å². The van der Waals surface area contributed by atoms with E-state index < -0.39 is 0 Å². The van der Waals surface area contributed by atoms with E-state index in [0.717, 1.165) is 0 Å². The monoisotopic (exact) mass is 253 g/mol. The average Bonchev–Trinajstić information content (AvgIpc) is 2.82. The van der Waals surface area contributed by atoms with Crippen LogP contribution in [0, 0.1) is 0 Å². The highest BCUT2D eigenvalue weighted by atomic mass is 32.2. The number of hydrazone groups is 1. The Morgan fingerprint density at radius 2 is 2.29 bits per heavy atom. The minimum Gasteiger partial charge on any atom is -0.466 e. The van der Waals surface area contributed by atoms with Crippen LogP contribution in [-0.2, 0) is 9.59 Å². The summed E-state index contributed by atoms with van der Waals surface area (Å²) in [5, 5.41) is 7.92.